The number of nitrogens with one attached hydrogen (secondary N) is 3. The number of carbonyl (C=O) groups is 2. The molecule has 0 aliphatic carbocycles. The third kappa shape index (κ3) is 7.89. The SMILES string of the molecule is CNNC(=O)CC(NC(=O)OC(C)(C)C)C(C)C. The van der Waals surface area contributed by atoms with Gasteiger partial charge in [0.2, 0.25) is 5.91 Å². The molecule has 1 unspecified atom stereocenters. The number of hydrogen-bond acceptors (Lipinski definition) is 4. The van der Waals surface area contributed by atoms with Crippen molar-refractivity contribution in [3.05, 3.63) is 0 Å². The lowest BCUT2D eigenvalue weighted by Crippen LogP contribution is -2.45. The first-order chi connectivity index (χ1) is 8.15. The molecule has 6 nitrogen and oxygen atoms in total. The van der Waals surface area contributed by atoms with Gasteiger partial charge in [0, 0.05) is 19.5 Å². The standard InChI is InChI=1S/C12H25N3O3/c1-8(2)9(7-10(16)15-13-6)14-11(17)18-12(3,4)5/h8-9,13H,7H2,1-6H3,(H,14,17)(H,15,16). The van der Waals surface area contributed by atoms with Crippen molar-refractivity contribution in [1.82, 2.24) is 16.2 Å². The molecule has 0 saturated carbocycles. The summed E-state index contributed by atoms with van der Waals surface area (Å²) in [5, 5.41) is 2.71. The topological polar surface area (TPSA) is 79.5 Å². The highest BCUT2D eigenvalue weighted by Gasteiger charge is 2.23. The number of alkyl carbamates (subject to hydrolysis) is 1. The van der Waals surface area contributed by atoms with E-state index in [-0.39, 0.29) is 24.3 Å². The molecule has 0 fully saturated rings. The minimum Gasteiger partial charge on any atom is -0.444 e. The molecule has 0 aliphatic rings. The summed E-state index contributed by atoms with van der Waals surface area (Å²) in [5.74, 6) is -0.0348. The van der Waals surface area contributed by atoms with Crippen molar-refractivity contribution in [3.8, 4) is 0 Å². The van der Waals surface area contributed by atoms with Crippen LogP contribution in [0.4, 0.5) is 4.79 Å². The highest BCUT2D eigenvalue weighted by atomic mass is 16.6. The molecule has 0 spiro atoms. The smallest absolute Gasteiger partial charge is 0.407 e. The van der Waals surface area contributed by atoms with Crippen LogP contribution >= 0.6 is 0 Å². The second-order valence-electron chi connectivity index (χ2n) is 5.50. The van der Waals surface area contributed by atoms with E-state index in [4.69, 9.17) is 4.74 Å². The van der Waals surface area contributed by atoms with Crippen LogP contribution in [0.25, 0.3) is 0 Å². The van der Waals surface area contributed by atoms with E-state index in [1.165, 1.54) is 0 Å². The molecular weight excluding hydrogens is 234 g/mol. The van der Waals surface area contributed by atoms with Gasteiger partial charge in [-0.2, -0.15) is 0 Å². The number of hydrazine groups is 1. The zero-order chi connectivity index (χ0) is 14.3. The predicted molar refractivity (Wildman–Crippen MR) is 69.8 cm³/mol. The molecule has 6 heteroatoms. The third-order valence-corrected chi connectivity index (χ3v) is 2.18. The van der Waals surface area contributed by atoms with E-state index in [0.29, 0.717) is 0 Å². The summed E-state index contributed by atoms with van der Waals surface area (Å²) in [5.41, 5.74) is 4.49. The fourth-order valence-electron chi connectivity index (χ4n) is 1.30. The molecule has 0 aromatic rings. The normalized spacial score (nSPS) is 13.1. The molecule has 0 aliphatic heterocycles. The summed E-state index contributed by atoms with van der Waals surface area (Å²) >= 11 is 0. The van der Waals surface area contributed by atoms with Crippen LogP contribution in [0, 0.1) is 5.92 Å². The monoisotopic (exact) mass is 259 g/mol. The molecule has 3 N–H and O–H groups in total. The number of hydrogen-bond donors (Lipinski definition) is 3. The number of rotatable bonds is 5. The summed E-state index contributed by atoms with van der Waals surface area (Å²) in [4.78, 5) is 23.1. The van der Waals surface area contributed by atoms with Crippen molar-refractivity contribution in [3.63, 3.8) is 0 Å². The molecule has 0 heterocycles. The summed E-state index contributed by atoms with van der Waals surface area (Å²) < 4.78 is 5.16. The van der Waals surface area contributed by atoms with Gasteiger partial charge in [0.25, 0.3) is 0 Å². The van der Waals surface area contributed by atoms with Crippen LogP contribution < -0.4 is 16.2 Å². The van der Waals surface area contributed by atoms with E-state index in [9.17, 15) is 9.59 Å². The Kier molecular flexibility index (Phi) is 6.68. The van der Waals surface area contributed by atoms with E-state index in [1.54, 1.807) is 27.8 Å². The van der Waals surface area contributed by atoms with Gasteiger partial charge in [-0.15, -0.1) is 0 Å². The zero-order valence-electron chi connectivity index (χ0n) is 12.1. The van der Waals surface area contributed by atoms with Crippen LogP contribution in [0.1, 0.15) is 41.0 Å². The van der Waals surface area contributed by atoms with Crippen molar-refractivity contribution in [2.24, 2.45) is 5.92 Å². The maximum absolute atomic E-state index is 11.6. The summed E-state index contributed by atoms with van der Waals surface area (Å²) in [6.45, 7) is 9.27. The van der Waals surface area contributed by atoms with Crippen LogP contribution in [0.15, 0.2) is 0 Å². The van der Waals surface area contributed by atoms with Gasteiger partial charge in [0.05, 0.1) is 0 Å². The maximum Gasteiger partial charge on any atom is 0.407 e. The van der Waals surface area contributed by atoms with Gasteiger partial charge in [0.1, 0.15) is 5.60 Å². The number of carbonyl (C=O) groups excluding carboxylic acids is 2. The highest BCUT2D eigenvalue weighted by molar-refractivity contribution is 5.77. The average Bonchev–Trinajstić information content (AvgIpc) is 2.13. The van der Waals surface area contributed by atoms with Crippen molar-refractivity contribution < 1.29 is 14.3 Å². The molecule has 18 heavy (non-hydrogen) atoms. The van der Waals surface area contributed by atoms with Crippen LogP contribution in [-0.2, 0) is 9.53 Å². The molecule has 0 aromatic carbocycles. The molecule has 0 bridgehead atoms. The molecule has 0 rings (SSSR count). The van der Waals surface area contributed by atoms with Crippen molar-refractivity contribution >= 4 is 12.0 Å². The Balaban J connectivity index is 4.36. The van der Waals surface area contributed by atoms with E-state index in [2.05, 4.69) is 16.2 Å². The summed E-state index contributed by atoms with van der Waals surface area (Å²) in [6, 6.07) is -0.256. The van der Waals surface area contributed by atoms with Crippen molar-refractivity contribution in [2.75, 3.05) is 7.05 Å². The van der Waals surface area contributed by atoms with Crippen LogP contribution in [0.5, 0.6) is 0 Å². The number of amides is 2. The molecule has 0 aromatic heterocycles. The molecule has 1 atom stereocenters. The fourth-order valence-corrected chi connectivity index (χ4v) is 1.30. The van der Waals surface area contributed by atoms with E-state index < -0.39 is 11.7 Å². The lowest BCUT2D eigenvalue weighted by molar-refractivity contribution is -0.122. The van der Waals surface area contributed by atoms with Crippen LogP contribution in [0.3, 0.4) is 0 Å². The second-order valence-corrected chi connectivity index (χ2v) is 5.50. The van der Waals surface area contributed by atoms with Gasteiger partial charge in [-0.25, -0.2) is 10.2 Å². The second kappa shape index (κ2) is 7.20. The zero-order valence-corrected chi connectivity index (χ0v) is 12.1. The Morgan fingerprint density at radius 3 is 2.17 bits per heavy atom. The highest BCUT2D eigenvalue weighted by Crippen LogP contribution is 2.10. The Bertz CT molecular complexity index is 285. The van der Waals surface area contributed by atoms with E-state index >= 15 is 0 Å². The lowest BCUT2D eigenvalue weighted by Gasteiger charge is -2.25. The first kappa shape index (κ1) is 16.7. The summed E-state index contributed by atoms with van der Waals surface area (Å²) in [7, 11) is 1.61. The fraction of sp³-hybridized carbons (Fsp3) is 0.833. The molecule has 106 valence electrons. The van der Waals surface area contributed by atoms with Gasteiger partial charge in [-0.3, -0.25) is 10.2 Å². The van der Waals surface area contributed by atoms with Crippen molar-refractivity contribution in [1.29, 1.82) is 0 Å². The minimum atomic E-state index is -0.543. The molecule has 2 amide bonds. The van der Waals surface area contributed by atoms with Gasteiger partial charge < -0.3 is 10.1 Å². The Morgan fingerprint density at radius 2 is 1.78 bits per heavy atom. The van der Waals surface area contributed by atoms with Crippen molar-refractivity contribution in [2.45, 2.75) is 52.7 Å². The average molecular weight is 259 g/mol. The first-order valence-electron chi connectivity index (χ1n) is 6.11. The van der Waals surface area contributed by atoms with Gasteiger partial charge in [-0.05, 0) is 26.7 Å². The Labute approximate surface area is 109 Å². The summed E-state index contributed by atoms with van der Waals surface area (Å²) in [6.07, 6.45) is -0.295. The molecule has 0 saturated heterocycles. The van der Waals surface area contributed by atoms with E-state index in [0.717, 1.165) is 0 Å². The quantitative estimate of drug-likeness (QED) is 0.648. The largest absolute Gasteiger partial charge is 0.444 e. The maximum atomic E-state index is 11.6. The van der Waals surface area contributed by atoms with E-state index in [1.807, 2.05) is 13.8 Å². The van der Waals surface area contributed by atoms with Gasteiger partial charge >= 0.3 is 6.09 Å². The molecule has 0 radical (unpaired) electrons. The minimum absolute atomic E-state index is 0.139. The Morgan fingerprint density at radius 1 is 1.22 bits per heavy atom. The number of ether oxygens (including phenoxy) is 1. The Hall–Kier alpha value is -1.30. The lowest BCUT2D eigenvalue weighted by atomic mass is 10.0. The van der Waals surface area contributed by atoms with Crippen LogP contribution in [0.2, 0.25) is 0 Å². The molecular formula is C12H25N3O3. The third-order valence-electron chi connectivity index (χ3n) is 2.18. The van der Waals surface area contributed by atoms with Crippen LogP contribution in [-0.4, -0.2) is 30.7 Å². The van der Waals surface area contributed by atoms with Gasteiger partial charge in [-0.1, -0.05) is 13.8 Å². The van der Waals surface area contributed by atoms with Gasteiger partial charge in [0.15, 0.2) is 0 Å². The predicted octanol–water partition coefficient (Wildman–Crippen LogP) is 1.18. The first-order valence-corrected chi connectivity index (χ1v) is 6.11.